The molecule has 2 heterocycles. The molecule has 3 rings (SSSR count). The molecule has 0 radical (unpaired) electrons. The zero-order valence-corrected chi connectivity index (χ0v) is 14.3. The highest BCUT2D eigenvalue weighted by atomic mass is 32.2. The van der Waals surface area contributed by atoms with Crippen molar-refractivity contribution < 1.29 is 13.9 Å². The molecule has 0 bridgehead atoms. The molecular weight excluding hydrogens is 328 g/mol. The van der Waals surface area contributed by atoms with E-state index in [4.69, 9.17) is 9.15 Å². The number of fused-ring (bicyclic) bond motifs is 1. The van der Waals surface area contributed by atoms with Gasteiger partial charge in [-0.05, 0) is 30.5 Å². The number of thioether (sulfide) groups is 1. The number of rotatable bonds is 5. The van der Waals surface area contributed by atoms with Gasteiger partial charge >= 0.3 is 0 Å². The number of ether oxygens (including phenoxy) is 1. The molecule has 24 heavy (non-hydrogen) atoms. The molecule has 1 amide bonds. The lowest BCUT2D eigenvalue weighted by molar-refractivity contribution is 0.0963. The largest absolute Gasteiger partial charge is 0.496 e. The maximum Gasteiger partial charge on any atom is 0.294 e. The fourth-order valence-electron chi connectivity index (χ4n) is 2.46. The number of methoxy groups -OCH3 is 1. The van der Waals surface area contributed by atoms with Crippen LogP contribution in [0, 0.1) is 0 Å². The summed E-state index contributed by atoms with van der Waals surface area (Å²) in [6, 6.07) is 7.14. The van der Waals surface area contributed by atoms with Crippen molar-refractivity contribution in [3.8, 4) is 5.75 Å². The molecular formula is C16H16N4O3S. The van der Waals surface area contributed by atoms with E-state index < -0.39 is 0 Å². The van der Waals surface area contributed by atoms with Crippen molar-refractivity contribution in [2.45, 2.75) is 11.9 Å². The summed E-state index contributed by atoms with van der Waals surface area (Å²) in [5.41, 5.74) is 1.21. The maximum atomic E-state index is 12.9. The minimum absolute atomic E-state index is 0.236. The molecule has 0 atom stereocenters. The van der Waals surface area contributed by atoms with Crippen molar-refractivity contribution in [3.05, 3.63) is 36.2 Å². The molecule has 2 aromatic heterocycles. The number of carbonyl (C=O) groups excluding carboxylic acids is 1. The molecule has 0 aliphatic carbocycles. The Labute approximate surface area is 143 Å². The van der Waals surface area contributed by atoms with Gasteiger partial charge in [0, 0.05) is 12.6 Å². The summed E-state index contributed by atoms with van der Waals surface area (Å²) in [5.74, 6) is 0.636. The van der Waals surface area contributed by atoms with E-state index in [1.54, 1.807) is 24.1 Å². The average molecular weight is 344 g/mol. The number of aromatic nitrogens is 3. The van der Waals surface area contributed by atoms with Gasteiger partial charge in [-0.25, -0.2) is 0 Å². The van der Waals surface area contributed by atoms with Gasteiger partial charge in [-0.3, -0.25) is 4.79 Å². The van der Waals surface area contributed by atoms with Gasteiger partial charge in [0.15, 0.2) is 5.76 Å². The molecule has 0 aliphatic heterocycles. The minimum Gasteiger partial charge on any atom is -0.496 e. The third-order valence-corrected chi connectivity index (χ3v) is 4.26. The molecule has 8 heteroatoms. The van der Waals surface area contributed by atoms with Crippen molar-refractivity contribution in [1.29, 1.82) is 0 Å². The Morgan fingerprint density at radius 2 is 2.25 bits per heavy atom. The summed E-state index contributed by atoms with van der Waals surface area (Å²) >= 11 is 1.40. The van der Waals surface area contributed by atoms with E-state index in [9.17, 15) is 4.79 Å². The van der Waals surface area contributed by atoms with Gasteiger partial charge in [-0.1, -0.05) is 6.07 Å². The van der Waals surface area contributed by atoms with Crippen LogP contribution in [0.5, 0.6) is 5.75 Å². The smallest absolute Gasteiger partial charge is 0.294 e. The van der Waals surface area contributed by atoms with Gasteiger partial charge < -0.3 is 14.1 Å². The van der Waals surface area contributed by atoms with Gasteiger partial charge in [-0.15, -0.1) is 22.0 Å². The number of anilines is 1. The highest BCUT2D eigenvalue weighted by Crippen LogP contribution is 2.31. The number of benzene rings is 1. The second-order valence-corrected chi connectivity index (χ2v) is 5.66. The summed E-state index contributed by atoms with van der Waals surface area (Å²) in [6.07, 6.45) is 3.40. The Bertz CT molecular complexity index is 881. The Hall–Kier alpha value is -2.61. The molecule has 0 N–H and O–H groups in total. The van der Waals surface area contributed by atoms with E-state index in [-0.39, 0.29) is 11.7 Å². The first-order chi connectivity index (χ1) is 11.7. The molecule has 0 saturated heterocycles. The van der Waals surface area contributed by atoms with Gasteiger partial charge in [0.2, 0.25) is 0 Å². The lowest BCUT2D eigenvalue weighted by atomic mass is 10.2. The average Bonchev–Trinajstić information content (AvgIpc) is 3.07. The first-order valence-electron chi connectivity index (χ1n) is 7.30. The van der Waals surface area contributed by atoms with Crippen LogP contribution in [0.3, 0.4) is 0 Å². The highest BCUT2D eigenvalue weighted by molar-refractivity contribution is 7.98. The number of hydrogen-bond donors (Lipinski definition) is 0. The topological polar surface area (TPSA) is 81.4 Å². The minimum atomic E-state index is -0.263. The van der Waals surface area contributed by atoms with Crippen LogP contribution in [0.4, 0.5) is 5.69 Å². The molecule has 0 saturated carbocycles. The van der Waals surface area contributed by atoms with Crippen LogP contribution in [0.25, 0.3) is 11.0 Å². The van der Waals surface area contributed by atoms with Crippen LogP contribution in [0.1, 0.15) is 17.5 Å². The fourth-order valence-corrected chi connectivity index (χ4v) is 2.95. The van der Waals surface area contributed by atoms with Crippen LogP contribution in [-0.4, -0.2) is 41.2 Å². The van der Waals surface area contributed by atoms with E-state index >= 15 is 0 Å². The van der Waals surface area contributed by atoms with Crippen LogP contribution in [0.2, 0.25) is 0 Å². The first-order valence-corrected chi connectivity index (χ1v) is 8.52. The van der Waals surface area contributed by atoms with Gasteiger partial charge in [0.1, 0.15) is 16.4 Å². The van der Waals surface area contributed by atoms with Gasteiger partial charge in [0.05, 0.1) is 24.4 Å². The van der Waals surface area contributed by atoms with E-state index in [0.29, 0.717) is 28.6 Å². The maximum absolute atomic E-state index is 12.9. The van der Waals surface area contributed by atoms with Crippen molar-refractivity contribution in [3.63, 3.8) is 0 Å². The fraction of sp³-hybridized carbons (Fsp3) is 0.250. The molecule has 7 nitrogen and oxygen atoms in total. The normalized spacial score (nSPS) is 10.8. The molecule has 0 unspecified atom stereocenters. The standard InChI is InChI=1S/C16H16N4O3S/c1-4-20(11-9-17-19-18-15(11)24-3)16(21)14-8-10-12(22-2)6-5-7-13(10)23-14/h5-9H,4H2,1-3H3. The SMILES string of the molecule is CCN(C(=O)c1cc2c(OC)cccc2o1)c1cnnnc1SC. The van der Waals surface area contributed by atoms with E-state index in [2.05, 4.69) is 15.4 Å². The van der Waals surface area contributed by atoms with Gasteiger partial charge in [0.25, 0.3) is 5.91 Å². The van der Waals surface area contributed by atoms with Crippen LogP contribution < -0.4 is 9.64 Å². The second-order valence-electron chi connectivity index (χ2n) is 4.86. The summed E-state index contributed by atoms with van der Waals surface area (Å²) in [7, 11) is 1.58. The monoisotopic (exact) mass is 344 g/mol. The van der Waals surface area contributed by atoms with Crippen LogP contribution in [-0.2, 0) is 0 Å². The Kier molecular flexibility index (Phi) is 4.66. The molecule has 0 aliphatic rings. The molecule has 124 valence electrons. The van der Waals surface area contributed by atoms with E-state index in [1.165, 1.54) is 18.0 Å². The third-order valence-electron chi connectivity index (χ3n) is 3.58. The predicted octanol–water partition coefficient (Wildman–Crippen LogP) is 3.02. The Morgan fingerprint density at radius 3 is 2.96 bits per heavy atom. The van der Waals surface area contributed by atoms with Crippen LogP contribution >= 0.6 is 11.8 Å². The molecule has 0 spiro atoms. The first kappa shape index (κ1) is 16.3. The van der Waals surface area contributed by atoms with E-state index in [1.807, 2.05) is 25.3 Å². The zero-order valence-electron chi connectivity index (χ0n) is 13.5. The number of furan rings is 1. The highest BCUT2D eigenvalue weighted by Gasteiger charge is 2.24. The number of amides is 1. The van der Waals surface area contributed by atoms with Crippen molar-refractivity contribution in [2.24, 2.45) is 0 Å². The van der Waals surface area contributed by atoms with Crippen molar-refractivity contribution in [1.82, 2.24) is 15.4 Å². The van der Waals surface area contributed by atoms with Gasteiger partial charge in [-0.2, -0.15) is 0 Å². The second kappa shape index (κ2) is 6.88. The number of carbonyl (C=O) groups is 1. The van der Waals surface area contributed by atoms with Crippen molar-refractivity contribution in [2.75, 3.05) is 24.8 Å². The number of hydrogen-bond acceptors (Lipinski definition) is 7. The Morgan fingerprint density at radius 1 is 1.42 bits per heavy atom. The molecule has 0 fully saturated rings. The predicted molar refractivity (Wildman–Crippen MR) is 91.7 cm³/mol. The lowest BCUT2D eigenvalue weighted by Gasteiger charge is -2.20. The summed E-state index contributed by atoms with van der Waals surface area (Å²) < 4.78 is 11.0. The summed E-state index contributed by atoms with van der Waals surface area (Å²) in [4.78, 5) is 14.5. The van der Waals surface area contributed by atoms with Crippen LogP contribution in [0.15, 0.2) is 39.9 Å². The molecule has 1 aromatic carbocycles. The number of nitrogens with zero attached hydrogens (tertiary/aromatic N) is 4. The zero-order chi connectivity index (χ0) is 17.1. The van der Waals surface area contributed by atoms with Crippen molar-refractivity contribution >= 4 is 34.3 Å². The summed E-state index contributed by atoms with van der Waals surface area (Å²) in [6.45, 7) is 2.33. The molecule has 3 aromatic rings. The Balaban J connectivity index is 2.03. The lowest BCUT2D eigenvalue weighted by Crippen LogP contribution is -2.31. The quantitative estimate of drug-likeness (QED) is 0.658. The van der Waals surface area contributed by atoms with E-state index in [0.717, 1.165) is 5.39 Å². The third kappa shape index (κ3) is 2.80. The summed E-state index contributed by atoms with van der Waals surface area (Å²) in [5, 5.41) is 12.8.